The van der Waals surface area contributed by atoms with Crippen LogP contribution in [0.25, 0.3) is 10.9 Å². The van der Waals surface area contributed by atoms with Crippen molar-refractivity contribution in [2.45, 2.75) is 45.1 Å². The van der Waals surface area contributed by atoms with Crippen LogP contribution in [0, 0.1) is 5.92 Å². The normalized spacial score (nSPS) is 23.4. The van der Waals surface area contributed by atoms with Crippen LogP contribution in [0.3, 0.4) is 0 Å². The molecule has 1 saturated carbocycles. The van der Waals surface area contributed by atoms with E-state index >= 15 is 0 Å². The molecule has 100 valence electrons. The lowest BCUT2D eigenvalue weighted by Crippen LogP contribution is -2.32. The molecular weight excluding hydrogens is 232 g/mol. The Morgan fingerprint density at radius 3 is 2.84 bits per heavy atom. The first-order valence-corrected chi connectivity index (χ1v) is 7.49. The highest BCUT2D eigenvalue weighted by Gasteiger charge is 2.23. The Kier molecular flexibility index (Phi) is 3.67. The Labute approximate surface area is 115 Å². The number of anilines is 1. The Balaban J connectivity index is 1.80. The molecule has 2 heteroatoms. The molecule has 0 saturated heterocycles. The van der Waals surface area contributed by atoms with Crippen molar-refractivity contribution in [2.24, 2.45) is 5.92 Å². The van der Waals surface area contributed by atoms with Crippen LogP contribution < -0.4 is 5.32 Å². The van der Waals surface area contributed by atoms with Crippen LogP contribution >= 0.6 is 0 Å². The molecule has 3 rings (SSSR count). The zero-order valence-electron chi connectivity index (χ0n) is 11.6. The van der Waals surface area contributed by atoms with Crippen LogP contribution in [0.4, 0.5) is 5.82 Å². The molecule has 19 heavy (non-hydrogen) atoms. The lowest BCUT2D eigenvalue weighted by Gasteiger charge is -2.31. The summed E-state index contributed by atoms with van der Waals surface area (Å²) in [6.07, 6.45) is 6.66. The summed E-state index contributed by atoms with van der Waals surface area (Å²) in [6, 6.07) is 13.2. The number of hydrogen-bond acceptors (Lipinski definition) is 2. The molecule has 2 nitrogen and oxygen atoms in total. The first kappa shape index (κ1) is 12.5. The molecule has 0 aliphatic heterocycles. The second-order valence-electron chi connectivity index (χ2n) is 5.59. The summed E-state index contributed by atoms with van der Waals surface area (Å²) >= 11 is 0. The van der Waals surface area contributed by atoms with Gasteiger partial charge in [0, 0.05) is 11.4 Å². The van der Waals surface area contributed by atoms with Gasteiger partial charge in [-0.05, 0) is 37.0 Å². The smallest absolute Gasteiger partial charge is 0.126 e. The molecule has 2 atom stereocenters. The average Bonchev–Trinajstić information content (AvgIpc) is 2.48. The molecule has 1 fully saturated rings. The van der Waals surface area contributed by atoms with E-state index in [1.165, 1.54) is 37.5 Å². The Morgan fingerprint density at radius 2 is 1.95 bits per heavy atom. The Morgan fingerprint density at radius 1 is 1.11 bits per heavy atom. The third-order valence-corrected chi connectivity index (χ3v) is 4.37. The maximum atomic E-state index is 4.73. The fraction of sp³-hybridized carbons (Fsp3) is 0.471. The van der Waals surface area contributed by atoms with Gasteiger partial charge in [0.15, 0.2) is 0 Å². The number of pyridine rings is 1. The highest BCUT2D eigenvalue weighted by atomic mass is 15.0. The minimum atomic E-state index is 0.604. The topological polar surface area (TPSA) is 24.9 Å². The summed E-state index contributed by atoms with van der Waals surface area (Å²) in [5.41, 5.74) is 1.08. The third-order valence-electron chi connectivity index (χ3n) is 4.37. The second kappa shape index (κ2) is 5.60. The van der Waals surface area contributed by atoms with E-state index in [1.807, 2.05) is 0 Å². The largest absolute Gasteiger partial charge is 0.367 e. The standard InChI is InChI=1S/C17H22N2/c1-2-13-7-3-5-9-15(13)18-17-12-11-14-8-4-6-10-16(14)19-17/h4,6,8,10-13,15H,2-3,5,7,9H2,1H3,(H,18,19). The van der Waals surface area contributed by atoms with Crippen molar-refractivity contribution in [1.82, 2.24) is 4.98 Å². The number of nitrogens with one attached hydrogen (secondary N) is 1. The predicted octanol–water partition coefficient (Wildman–Crippen LogP) is 4.62. The molecular formula is C17H22N2. The van der Waals surface area contributed by atoms with Gasteiger partial charge in [-0.2, -0.15) is 0 Å². The van der Waals surface area contributed by atoms with Crippen molar-refractivity contribution in [3.05, 3.63) is 36.4 Å². The number of aromatic nitrogens is 1. The van der Waals surface area contributed by atoms with Gasteiger partial charge in [-0.25, -0.2) is 4.98 Å². The highest BCUT2D eigenvalue weighted by molar-refractivity contribution is 5.80. The van der Waals surface area contributed by atoms with E-state index in [9.17, 15) is 0 Å². The lowest BCUT2D eigenvalue weighted by molar-refractivity contribution is 0.317. The predicted molar refractivity (Wildman–Crippen MR) is 81.4 cm³/mol. The maximum Gasteiger partial charge on any atom is 0.126 e. The summed E-state index contributed by atoms with van der Waals surface area (Å²) in [4.78, 5) is 4.73. The average molecular weight is 254 g/mol. The molecule has 0 bridgehead atoms. The molecule has 1 aromatic heterocycles. The molecule has 2 unspecified atom stereocenters. The molecule has 0 spiro atoms. The molecule has 0 amide bonds. The molecule has 1 heterocycles. The van der Waals surface area contributed by atoms with Crippen LogP contribution in [0.15, 0.2) is 36.4 Å². The van der Waals surface area contributed by atoms with E-state index in [1.54, 1.807) is 0 Å². The van der Waals surface area contributed by atoms with Crippen molar-refractivity contribution >= 4 is 16.7 Å². The number of nitrogens with zero attached hydrogens (tertiary/aromatic N) is 1. The van der Waals surface area contributed by atoms with Crippen molar-refractivity contribution in [3.63, 3.8) is 0 Å². The lowest BCUT2D eigenvalue weighted by atomic mass is 9.83. The van der Waals surface area contributed by atoms with E-state index in [4.69, 9.17) is 4.98 Å². The monoisotopic (exact) mass is 254 g/mol. The van der Waals surface area contributed by atoms with E-state index < -0.39 is 0 Å². The molecule has 2 aromatic rings. The summed E-state index contributed by atoms with van der Waals surface area (Å²) in [5.74, 6) is 1.84. The van der Waals surface area contributed by atoms with Crippen LogP contribution in [0.2, 0.25) is 0 Å². The SMILES string of the molecule is CCC1CCCCC1Nc1ccc2ccccc2n1. The van der Waals surface area contributed by atoms with Gasteiger partial charge in [0.05, 0.1) is 5.52 Å². The van der Waals surface area contributed by atoms with Gasteiger partial charge < -0.3 is 5.32 Å². The maximum absolute atomic E-state index is 4.73. The minimum absolute atomic E-state index is 0.604. The number of fused-ring (bicyclic) bond motifs is 1. The molecule has 1 aliphatic rings. The van der Waals surface area contributed by atoms with Gasteiger partial charge in [0.1, 0.15) is 5.82 Å². The summed E-state index contributed by atoms with van der Waals surface area (Å²) in [6.45, 7) is 2.30. The number of hydrogen-bond donors (Lipinski definition) is 1. The molecule has 1 aromatic carbocycles. The van der Waals surface area contributed by atoms with Gasteiger partial charge in [-0.15, -0.1) is 0 Å². The van der Waals surface area contributed by atoms with Gasteiger partial charge in [0.2, 0.25) is 0 Å². The highest BCUT2D eigenvalue weighted by Crippen LogP contribution is 2.29. The van der Waals surface area contributed by atoms with E-state index in [2.05, 4.69) is 48.6 Å². The van der Waals surface area contributed by atoms with Crippen molar-refractivity contribution in [2.75, 3.05) is 5.32 Å². The Bertz CT molecular complexity index is 550. The zero-order valence-corrected chi connectivity index (χ0v) is 11.6. The number of rotatable bonds is 3. The molecule has 0 radical (unpaired) electrons. The van der Waals surface area contributed by atoms with Gasteiger partial charge in [0.25, 0.3) is 0 Å². The summed E-state index contributed by atoms with van der Waals surface area (Å²) in [5, 5.41) is 4.87. The zero-order chi connectivity index (χ0) is 13.1. The fourth-order valence-electron chi connectivity index (χ4n) is 3.22. The van der Waals surface area contributed by atoms with Crippen molar-refractivity contribution in [1.29, 1.82) is 0 Å². The van der Waals surface area contributed by atoms with Crippen LogP contribution in [-0.4, -0.2) is 11.0 Å². The van der Waals surface area contributed by atoms with Gasteiger partial charge >= 0.3 is 0 Å². The summed E-state index contributed by atoms with van der Waals surface area (Å²) in [7, 11) is 0. The first-order chi connectivity index (χ1) is 9.36. The van der Waals surface area contributed by atoms with Gasteiger partial charge in [-0.3, -0.25) is 0 Å². The van der Waals surface area contributed by atoms with Crippen LogP contribution in [-0.2, 0) is 0 Å². The molecule has 1 aliphatic carbocycles. The summed E-state index contributed by atoms with van der Waals surface area (Å²) < 4.78 is 0. The van der Waals surface area contributed by atoms with Crippen LogP contribution in [0.5, 0.6) is 0 Å². The van der Waals surface area contributed by atoms with Gasteiger partial charge in [-0.1, -0.05) is 44.4 Å². The minimum Gasteiger partial charge on any atom is -0.367 e. The third kappa shape index (κ3) is 2.73. The quantitative estimate of drug-likeness (QED) is 0.864. The van der Waals surface area contributed by atoms with Crippen molar-refractivity contribution in [3.8, 4) is 0 Å². The number of benzene rings is 1. The van der Waals surface area contributed by atoms with Crippen molar-refractivity contribution < 1.29 is 0 Å². The number of para-hydroxylation sites is 1. The molecule has 1 N–H and O–H groups in total. The van der Waals surface area contributed by atoms with Crippen LogP contribution in [0.1, 0.15) is 39.0 Å². The van der Waals surface area contributed by atoms with E-state index in [-0.39, 0.29) is 0 Å². The van der Waals surface area contributed by atoms with E-state index in [0.717, 1.165) is 17.3 Å². The van der Waals surface area contributed by atoms with E-state index in [0.29, 0.717) is 6.04 Å². The Hall–Kier alpha value is -1.57. The first-order valence-electron chi connectivity index (χ1n) is 7.49. The second-order valence-corrected chi connectivity index (χ2v) is 5.59. The fourth-order valence-corrected chi connectivity index (χ4v) is 3.22.